The molecule has 0 spiro atoms. The number of hydrogen-bond donors (Lipinski definition) is 2. The van der Waals surface area contributed by atoms with E-state index in [1.54, 1.807) is 16.5 Å². The van der Waals surface area contributed by atoms with Crippen LogP contribution in [0.5, 0.6) is 5.75 Å². The zero-order chi connectivity index (χ0) is 16.4. The maximum absolute atomic E-state index is 12.5. The number of aromatic nitrogens is 2. The fourth-order valence-electron chi connectivity index (χ4n) is 2.48. The summed E-state index contributed by atoms with van der Waals surface area (Å²) in [6.07, 6.45) is 2.54. The molecule has 0 saturated carbocycles. The Morgan fingerprint density at radius 2 is 2.00 bits per heavy atom. The van der Waals surface area contributed by atoms with Crippen molar-refractivity contribution < 1.29 is 9.90 Å². The van der Waals surface area contributed by atoms with Gasteiger partial charge in [0.2, 0.25) is 0 Å². The van der Waals surface area contributed by atoms with Crippen molar-refractivity contribution >= 4 is 27.5 Å². The van der Waals surface area contributed by atoms with Gasteiger partial charge in [-0.05, 0) is 59.1 Å². The van der Waals surface area contributed by atoms with E-state index in [9.17, 15) is 9.90 Å². The minimum absolute atomic E-state index is 0.146. The van der Waals surface area contributed by atoms with Crippen LogP contribution in [0.15, 0.2) is 47.1 Å². The highest BCUT2D eigenvalue weighted by Gasteiger charge is 2.16. The standard InChI is InChI=1S/C17H16BrN3O2/c1-11-16(21-10-13(18)4-7-15(21)20-11)17(23)19-9-8-12-2-5-14(22)6-3-12/h2-7,10,22H,8-9H2,1H3,(H,19,23). The van der Waals surface area contributed by atoms with E-state index >= 15 is 0 Å². The molecule has 2 aromatic heterocycles. The van der Waals surface area contributed by atoms with E-state index in [0.29, 0.717) is 24.4 Å². The molecule has 2 heterocycles. The highest BCUT2D eigenvalue weighted by Crippen LogP contribution is 2.16. The molecule has 0 saturated heterocycles. The number of rotatable bonds is 4. The van der Waals surface area contributed by atoms with Gasteiger partial charge in [-0.3, -0.25) is 9.20 Å². The summed E-state index contributed by atoms with van der Waals surface area (Å²) < 4.78 is 2.68. The van der Waals surface area contributed by atoms with Crippen LogP contribution in [0.4, 0.5) is 0 Å². The summed E-state index contributed by atoms with van der Waals surface area (Å²) >= 11 is 3.41. The third-order valence-corrected chi connectivity index (χ3v) is 4.08. The number of amides is 1. The van der Waals surface area contributed by atoms with Crippen molar-refractivity contribution in [3.05, 3.63) is 64.0 Å². The van der Waals surface area contributed by atoms with E-state index in [4.69, 9.17) is 0 Å². The number of phenols is 1. The van der Waals surface area contributed by atoms with Gasteiger partial charge in [-0.25, -0.2) is 4.98 Å². The van der Waals surface area contributed by atoms with Crippen molar-refractivity contribution in [2.24, 2.45) is 0 Å². The van der Waals surface area contributed by atoms with Crippen molar-refractivity contribution in [2.75, 3.05) is 6.54 Å². The number of aromatic hydroxyl groups is 1. The molecule has 0 aliphatic heterocycles. The van der Waals surface area contributed by atoms with Crippen LogP contribution in [0.3, 0.4) is 0 Å². The lowest BCUT2D eigenvalue weighted by atomic mass is 10.1. The molecule has 6 heteroatoms. The second kappa shape index (κ2) is 6.42. The first-order chi connectivity index (χ1) is 11.0. The number of carbonyl (C=O) groups excluding carboxylic acids is 1. The molecule has 0 radical (unpaired) electrons. The summed E-state index contributed by atoms with van der Waals surface area (Å²) in [5.41, 5.74) is 3.05. The van der Waals surface area contributed by atoms with Crippen LogP contribution in [-0.2, 0) is 6.42 Å². The van der Waals surface area contributed by atoms with Gasteiger partial charge in [-0.15, -0.1) is 0 Å². The molecular formula is C17H16BrN3O2. The zero-order valence-electron chi connectivity index (χ0n) is 12.6. The number of phenolic OH excluding ortho intramolecular Hbond substituents is 1. The van der Waals surface area contributed by atoms with E-state index in [-0.39, 0.29) is 11.7 Å². The first-order valence-corrected chi connectivity index (χ1v) is 8.04. The molecule has 3 aromatic rings. The average molecular weight is 374 g/mol. The van der Waals surface area contributed by atoms with Gasteiger partial charge in [-0.1, -0.05) is 12.1 Å². The van der Waals surface area contributed by atoms with Crippen LogP contribution >= 0.6 is 15.9 Å². The summed E-state index contributed by atoms with van der Waals surface area (Å²) in [5.74, 6) is 0.0941. The third-order valence-electron chi connectivity index (χ3n) is 3.61. The van der Waals surface area contributed by atoms with Crippen LogP contribution in [0, 0.1) is 6.92 Å². The van der Waals surface area contributed by atoms with Crippen LogP contribution in [0.1, 0.15) is 21.7 Å². The summed E-state index contributed by atoms with van der Waals surface area (Å²) in [5, 5.41) is 12.2. The van der Waals surface area contributed by atoms with Crippen LogP contribution in [0.2, 0.25) is 0 Å². The van der Waals surface area contributed by atoms with E-state index in [2.05, 4.69) is 26.2 Å². The van der Waals surface area contributed by atoms with Crippen molar-refractivity contribution in [3.8, 4) is 5.75 Å². The highest BCUT2D eigenvalue weighted by molar-refractivity contribution is 9.10. The lowest BCUT2D eigenvalue weighted by Crippen LogP contribution is -2.27. The van der Waals surface area contributed by atoms with Gasteiger partial charge in [0, 0.05) is 17.2 Å². The SMILES string of the molecule is Cc1nc2ccc(Br)cn2c1C(=O)NCCc1ccc(O)cc1. The maximum atomic E-state index is 12.5. The van der Waals surface area contributed by atoms with Crippen molar-refractivity contribution in [1.29, 1.82) is 0 Å². The molecule has 1 amide bonds. The quantitative estimate of drug-likeness (QED) is 0.738. The number of aryl methyl sites for hydroxylation is 1. The Hall–Kier alpha value is -2.34. The number of halogens is 1. The van der Waals surface area contributed by atoms with Gasteiger partial charge in [0.05, 0.1) is 5.69 Å². The predicted octanol–water partition coefficient (Wildman–Crippen LogP) is 3.08. The lowest BCUT2D eigenvalue weighted by molar-refractivity contribution is 0.0947. The molecule has 0 bridgehead atoms. The Balaban J connectivity index is 1.72. The number of nitrogens with zero attached hydrogens (tertiary/aromatic N) is 2. The van der Waals surface area contributed by atoms with Crippen molar-refractivity contribution in [2.45, 2.75) is 13.3 Å². The molecule has 0 fully saturated rings. The second-order valence-corrected chi connectivity index (χ2v) is 6.21. The van der Waals surface area contributed by atoms with Gasteiger partial charge in [0.25, 0.3) is 5.91 Å². The summed E-state index contributed by atoms with van der Waals surface area (Å²) in [4.78, 5) is 16.9. The third kappa shape index (κ3) is 3.37. The maximum Gasteiger partial charge on any atom is 0.270 e. The topological polar surface area (TPSA) is 66.6 Å². The second-order valence-electron chi connectivity index (χ2n) is 5.29. The highest BCUT2D eigenvalue weighted by atomic mass is 79.9. The van der Waals surface area contributed by atoms with Crippen LogP contribution in [0.25, 0.3) is 5.65 Å². The van der Waals surface area contributed by atoms with Crippen molar-refractivity contribution in [1.82, 2.24) is 14.7 Å². The molecule has 0 atom stereocenters. The molecule has 3 rings (SSSR count). The molecule has 0 unspecified atom stereocenters. The van der Waals surface area contributed by atoms with E-state index < -0.39 is 0 Å². The first kappa shape index (κ1) is 15.6. The van der Waals surface area contributed by atoms with Crippen LogP contribution in [-0.4, -0.2) is 26.9 Å². The molecule has 118 valence electrons. The smallest absolute Gasteiger partial charge is 0.270 e. The largest absolute Gasteiger partial charge is 0.508 e. The zero-order valence-corrected chi connectivity index (χ0v) is 14.2. The van der Waals surface area contributed by atoms with Crippen LogP contribution < -0.4 is 5.32 Å². The van der Waals surface area contributed by atoms with E-state index in [0.717, 1.165) is 15.7 Å². The normalized spacial score (nSPS) is 10.9. The summed E-state index contributed by atoms with van der Waals surface area (Å²) in [7, 11) is 0. The monoisotopic (exact) mass is 373 g/mol. The minimum atomic E-state index is -0.146. The number of carbonyl (C=O) groups is 1. The number of pyridine rings is 1. The van der Waals surface area contributed by atoms with Gasteiger partial charge >= 0.3 is 0 Å². The molecular weight excluding hydrogens is 358 g/mol. The Bertz CT molecular complexity index is 856. The van der Waals surface area contributed by atoms with E-state index in [1.165, 1.54) is 0 Å². The molecule has 1 aromatic carbocycles. The molecule has 23 heavy (non-hydrogen) atoms. The first-order valence-electron chi connectivity index (χ1n) is 7.25. The number of hydrogen-bond acceptors (Lipinski definition) is 3. The molecule has 0 aliphatic carbocycles. The molecule has 0 aliphatic rings. The van der Waals surface area contributed by atoms with Gasteiger partial charge < -0.3 is 10.4 Å². The Labute approximate surface area is 142 Å². The Morgan fingerprint density at radius 3 is 2.74 bits per heavy atom. The Morgan fingerprint density at radius 1 is 1.26 bits per heavy atom. The number of benzene rings is 1. The van der Waals surface area contributed by atoms with Crippen molar-refractivity contribution in [3.63, 3.8) is 0 Å². The van der Waals surface area contributed by atoms with E-state index in [1.807, 2.05) is 37.4 Å². The fourth-order valence-corrected chi connectivity index (χ4v) is 2.81. The number of imidazole rings is 1. The predicted molar refractivity (Wildman–Crippen MR) is 91.8 cm³/mol. The fraction of sp³-hybridized carbons (Fsp3) is 0.176. The molecule has 2 N–H and O–H groups in total. The Kier molecular flexibility index (Phi) is 4.34. The van der Waals surface area contributed by atoms with Gasteiger partial charge in [0.15, 0.2) is 0 Å². The van der Waals surface area contributed by atoms with Gasteiger partial charge in [0.1, 0.15) is 17.1 Å². The number of fused-ring (bicyclic) bond motifs is 1. The lowest BCUT2D eigenvalue weighted by Gasteiger charge is -2.07. The summed E-state index contributed by atoms with van der Waals surface area (Å²) in [6, 6.07) is 10.7. The minimum Gasteiger partial charge on any atom is -0.508 e. The summed E-state index contributed by atoms with van der Waals surface area (Å²) in [6.45, 7) is 2.35. The molecule has 5 nitrogen and oxygen atoms in total. The number of nitrogens with one attached hydrogen (secondary N) is 1. The van der Waals surface area contributed by atoms with Gasteiger partial charge in [-0.2, -0.15) is 0 Å². The average Bonchev–Trinajstić information content (AvgIpc) is 2.84.